The maximum atomic E-state index is 12.4. The monoisotopic (exact) mass is 715 g/mol. The largest absolute Gasteiger partial charge is 0.466 e. The topological polar surface area (TPSA) is 52.6 Å². The molecule has 3 rings (SSSR count). The molecule has 52 heavy (non-hydrogen) atoms. The predicted octanol–water partition coefficient (Wildman–Crippen LogP) is 14.3. The SMILES string of the molecule is CCCCCCCCCCOC(=O)CCCC(C)(C)c1ccc2cc3ccc(C(C)(C)CCCC(=O)OCCCCCCCCCC)cc3cc2c1. The van der Waals surface area contributed by atoms with Crippen LogP contribution in [0.3, 0.4) is 0 Å². The van der Waals surface area contributed by atoms with Crippen LogP contribution in [0.1, 0.15) is 194 Å². The third kappa shape index (κ3) is 16.0. The second-order valence-corrected chi connectivity index (χ2v) is 16.8. The molecular formula is C48H74O4. The fourth-order valence-corrected chi connectivity index (χ4v) is 7.47. The van der Waals surface area contributed by atoms with Crippen molar-refractivity contribution in [2.45, 2.75) is 194 Å². The van der Waals surface area contributed by atoms with Crippen molar-refractivity contribution >= 4 is 33.5 Å². The molecule has 0 spiro atoms. The van der Waals surface area contributed by atoms with Gasteiger partial charge in [-0.15, -0.1) is 0 Å². The Morgan fingerprint density at radius 2 is 0.788 bits per heavy atom. The average molecular weight is 715 g/mol. The summed E-state index contributed by atoms with van der Waals surface area (Å²) >= 11 is 0. The predicted molar refractivity (Wildman–Crippen MR) is 222 cm³/mol. The summed E-state index contributed by atoms with van der Waals surface area (Å²) in [6.07, 6.45) is 24.5. The quantitative estimate of drug-likeness (QED) is 0.0427. The Labute approximate surface area is 318 Å². The summed E-state index contributed by atoms with van der Waals surface area (Å²) in [4.78, 5) is 24.8. The van der Waals surface area contributed by atoms with Gasteiger partial charge in [-0.25, -0.2) is 0 Å². The van der Waals surface area contributed by atoms with Gasteiger partial charge in [-0.3, -0.25) is 9.59 Å². The van der Waals surface area contributed by atoms with E-state index in [0.29, 0.717) is 26.1 Å². The van der Waals surface area contributed by atoms with E-state index in [1.165, 1.54) is 110 Å². The van der Waals surface area contributed by atoms with Gasteiger partial charge in [0.1, 0.15) is 0 Å². The molecule has 0 heterocycles. The lowest BCUT2D eigenvalue weighted by Gasteiger charge is -2.26. The van der Waals surface area contributed by atoms with E-state index >= 15 is 0 Å². The first-order valence-electron chi connectivity index (χ1n) is 21.4. The van der Waals surface area contributed by atoms with Crippen LogP contribution in [0.5, 0.6) is 0 Å². The number of rotatable bonds is 28. The first kappa shape index (κ1) is 43.5. The molecule has 0 aromatic heterocycles. The van der Waals surface area contributed by atoms with Gasteiger partial charge in [-0.2, -0.15) is 0 Å². The first-order valence-corrected chi connectivity index (χ1v) is 21.4. The maximum absolute atomic E-state index is 12.4. The number of hydrogen-bond acceptors (Lipinski definition) is 4. The van der Waals surface area contributed by atoms with Crippen molar-refractivity contribution in [2.24, 2.45) is 0 Å². The Morgan fingerprint density at radius 1 is 0.442 bits per heavy atom. The Morgan fingerprint density at radius 3 is 1.17 bits per heavy atom. The van der Waals surface area contributed by atoms with Gasteiger partial charge in [0.2, 0.25) is 0 Å². The van der Waals surface area contributed by atoms with E-state index in [-0.39, 0.29) is 22.8 Å². The Balaban J connectivity index is 1.45. The zero-order valence-electron chi connectivity index (χ0n) is 34.2. The first-order chi connectivity index (χ1) is 25.1. The fraction of sp³-hybridized carbons (Fsp3) is 0.667. The van der Waals surface area contributed by atoms with E-state index in [9.17, 15) is 9.59 Å². The van der Waals surface area contributed by atoms with Gasteiger partial charge >= 0.3 is 11.9 Å². The lowest BCUT2D eigenvalue weighted by molar-refractivity contribution is -0.144. The molecule has 3 aromatic rings. The van der Waals surface area contributed by atoms with Crippen LogP contribution < -0.4 is 0 Å². The van der Waals surface area contributed by atoms with Crippen LogP contribution in [0.2, 0.25) is 0 Å². The van der Waals surface area contributed by atoms with E-state index < -0.39 is 0 Å². The highest BCUT2D eigenvalue weighted by Gasteiger charge is 2.23. The standard InChI is InChI=1S/C48H74O4/c1-7-9-11-13-15-17-19-21-33-51-45(49)25-23-31-47(3,4)43-29-27-39-35-40-28-30-44(38-42(40)36-41(39)37-43)48(5,6)32-24-26-46(50)52-34-22-20-18-16-14-12-10-8-2/h27-30,35-38H,7-26,31-34H2,1-6H3. The van der Waals surface area contributed by atoms with Crippen molar-refractivity contribution in [2.75, 3.05) is 13.2 Å². The van der Waals surface area contributed by atoms with Crippen LogP contribution in [-0.4, -0.2) is 25.2 Å². The Kier molecular flexibility index (Phi) is 19.8. The molecule has 0 fully saturated rings. The second kappa shape index (κ2) is 23.7. The third-order valence-electron chi connectivity index (χ3n) is 11.2. The van der Waals surface area contributed by atoms with Gasteiger partial charge < -0.3 is 9.47 Å². The highest BCUT2D eigenvalue weighted by Crippen LogP contribution is 2.35. The van der Waals surface area contributed by atoms with Crippen molar-refractivity contribution in [3.05, 3.63) is 59.7 Å². The number of esters is 2. The highest BCUT2D eigenvalue weighted by atomic mass is 16.5. The molecule has 0 saturated carbocycles. The van der Waals surface area contributed by atoms with Crippen LogP contribution in [0.15, 0.2) is 48.5 Å². The highest BCUT2D eigenvalue weighted by molar-refractivity contribution is 5.98. The molecule has 0 radical (unpaired) electrons. The van der Waals surface area contributed by atoms with E-state index in [1.54, 1.807) is 0 Å². The van der Waals surface area contributed by atoms with Crippen LogP contribution in [0, 0.1) is 0 Å². The smallest absolute Gasteiger partial charge is 0.305 e. The van der Waals surface area contributed by atoms with E-state index in [4.69, 9.17) is 9.47 Å². The third-order valence-corrected chi connectivity index (χ3v) is 11.2. The number of ether oxygens (including phenoxy) is 2. The molecule has 3 aromatic carbocycles. The molecule has 4 nitrogen and oxygen atoms in total. The van der Waals surface area contributed by atoms with Crippen LogP contribution in [-0.2, 0) is 29.9 Å². The molecule has 0 aliphatic rings. The lowest BCUT2D eigenvalue weighted by Crippen LogP contribution is -2.18. The summed E-state index contributed by atoms with van der Waals surface area (Å²) in [5, 5.41) is 4.98. The zero-order valence-corrected chi connectivity index (χ0v) is 34.2. The molecule has 0 N–H and O–H groups in total. The molecule has 0 amide bonds. The van der Waals surface area contributed by atoms with Crippen LogP contribution in [0.25, 0.3) is 21.5 Å². The van der Waals surface area contributed by atoms with Gasteiger partial charge in [-0.05, 0) is 94.2 Å². The summed E-state index contributed by atoms with van der Waals surface area (Å²) < 4.78 is 11.1. The molecule has 290 valence electrons. The summed E-state index contributed by atoms with van der Waals surface area (Å²) in [5.74, 6) is -0.118. The summed E-state index contributed by atoms with van der Waals surface area (Å²) in [5.41, 5.74) is 2.52. The normalized spacial score (nSPS) is 12.1. The molecule has 0 aliphatic carbocycles. The molecule has 0 unspecified atom stereocenters. The van der Waals surface area contributed by atoms with Crippen molar-refractivity contribution in [1.29, 1.82) is 0 Å². The summed E-state index contributed by atoms with van der Waals surface area (Å²) in [7, 11) is 0. The average Bonchev–Trinajstić information content (AvgIpc) is 3.12. The van der Waals surface area contributed by atoms with Gasteiger partial charge in [0.15, 0.2) is 0 Å². The minimum Gasteiger partial charge on any atom is -0.466 e. The van der Waals surface area contributed by atoms with Crippen LogP contribution in [0.4, 0.5) is 0 Å². The molecule has 0 bridgehead atoms. The number of unbranched alkanes of at least 4 members (excludes halogenated alkanes) is 14. The fourth-order valence-electron chi connectivity index (χ4n) is 7.47. The number of fused-ring (bicyclic) bond motifs is 2. The van der Waals surface area contributed by atoms with Gasteiger partial charge in [0, 0.05) is 12.8 Å². The molecule has 4 heteroatoms. The Bertz CT molecular complexity index is 1360. The second-order valence-electron chi connectivity index (χ2n) is 16.8. The van der Waals surface area contributed by atoms with E-state index in [1.807, 2.05) is 0 Å². The zero-order chi connectivity index (χ0) is 37.7. The van der Waals surface area contributed by atoms with Crippen molar-refractivity contribution in [1.82, 2.24) is 0 Å². The minimum atomic E-state index is -0.0588. The number of carbonyl (C=O) groups excluding carboxylic acids is 2. The van der Waals surface area contributed by atoms with Crippen molar-refractivity contribution in [3.63, 3.8) is 0 Å². The van der Waals surface area contributed by atoms with Crippen molar-refractivity contribution < 1.29 is 19.1 Å². The molecule has 0 saturated heterocycles. The number of carbonyl (C=O) groups is 2. The van der Waals surface area contributed by atoms with Crippen molar-refractivity contribution in [3.8, 4) is 0 Å². The Hall–Kier alpha value is -2.88. The summed E-state index contributed by atoms with van der Waals surface area (Å²) in [6.45, 7) is 14.8. The van der Waals surface area contributed by atoms with Crippen LogP contribution >= 0.6 is 0 Å². The number of hydrogen-bond donors (Lipinski definition) is 0. The van der Waals surface area contributed by atoms with Gasteiger partial charge in [-0.1, -0.05) is 168 Å². The maximum Gasteiger partial charge on any atom is 0.305 e. The van der Waals surface area contributed by atoms with Gasteiger partial charge in [0.25, 0.3) is 0 Å². The summed E-state index contributed by atoms with van der Waals surface area (Å²) in [6, 6.07) is 18.3. The lowest BCUT2D eigenvalue weighted by atomic mass is 9.78. The van der Waals surface area contributed by atoms with E-state index in [2.05, 4.69) is 90.1 Å². The minimum absolute atomic E-state index is 0.0416. The molecule has 0 atom stereocenters. The molecular weight excluding hydrogens is 641 g/mol. The van der Waals surface area contributed by atoms with Gasteiger partial charge in [0.05, 0.1) is 13.2 Å². The van der Waals surface area contributed by atoms with E-state index in [0.717, 1.165) is 51.4 Å². The number of benzene rings is 3. The molecule has 0 aliphatic heterocycles.